The van der Waals surface area contributed by atoms with E-state index in [4.69, 9.17) is 5.73 Å². The fraction of sp³-hybridized carbons (Fsp3) is 0.233. The van der Waals surface area contributed by atoms with Crippen molar-refractivity contribution in [1.29, 1.82) is 0 Å². The Labute approximate surface area is 252 Å². The van der Waals surface area contributed by atoms with E-state index in [0.29, 0.717) is 33.6 Å². The molecule has 3 aromatic carbocycles. The Morgan fingerprint density at radius 1 is 1.09 bits per heavy atom. The highest BCUT2D eigenvalue weighted by Crippen LogP contribution is 2.40. The first-order valence-corrected chi connectivity index (χ1v) is 14.5. The molecule has 0 saturated carbocycles. The average molecular weight is 639 g/mol. The number of aliphatic hydroxyl groups excluding tert-OH is 1. The summed E-state index contributed by atoms with van der Waals surface area (Å²) < 4.78 is 99.1. The highest BCUT2D eigenvalue weighted by Gasteiger charge is 2.33. The van der Waals surface area contributed by atoms with Crippen molar-refractivity contribution in [1.82, 2.24) is 9.78 Å². The van der Waals surface area contributed by atoms with Crippen LogP contribution in [0, 0.1) is 12.7 Å². The summed E-state index contributed by atoms with van der Waals surface area (Å²) in [5, 5.41) is 16.7. The summed E-state index contributed by atoms with van der Waals surface area (Å²) in [6.45, 7) is 1.57. The number of hydrogen-bond donors (Lipinski definition) is 3. The fourth-order valence-corrected chi connectivity index (χ4v) is 5.64. The Hall–Kier alpha value is -4.14. The van der Waals surface area contributed by atoms with Crippen LogP contribution >= 0.6 is 0 Å². The maximum atomic E-state index is 14.9. The smallest absolute Gasteiger partial charge is 0.573 e. The topological polar surface area (TPSA) is 108 Å². The third kappa shape index (κ3) is 6.98. The lowest BCUT2D eigenvalue weighted by Crippen LogP contribution is -2.17. The molecule has 1 unspecified atom stereocenters. The molecule has 0 fully saturated rings. The molecule has 1 heterocycles. The van der Waals surface area contributed by atoms with Gasteiger partial charge in [-0.25, -0.2) is 4.39 Å². The molecule has 0 spiro atoms. The molecule has 0 bridgehead atoms. The van der Waals surface area contributed by atoms with Gasteiger partial charge in [0, 0.05) is 43.1 Å². The third-order valence-corrected chi connectivity index (χ3v) is 7.75. The van der Waals surface area contributed by atoms with E-state index in [9.17, 15) is 36.0 Å². The van der Waals surface area contributed by atoms with Crippen LogP contribution in [0.3, 0.4) is 0 Å². The zero-order valence-corrected chi connectivity index (χ0v) is 24.7. The summed E-state index contributed by atoms with van der Waals surface area (Å²) in [7, 11) is 1.50. The molecule has 234 valence electrons. The van der Waals surface area contributed by atoms with Crippen molar-refractivity contribution in [3.8, 4) is 28.1 Å². The molecule has 1 atom stereocenters. The largest absolute Gasteiger partial charge is 0.612 e. The van der Waals surface area contributed by atoms with Gasteiger partial charge in [-0.1, -0.05) is 12.1 Å². The summed E-state index contributed by atoms with van der Waals surface area (Å²) in [5.74, 6) is -4.46. The lowest BCUT2D eigenvalue weighted by atomic mass is 9.97. The van der Waals surface area contributed by atoms with Crippen molar-refractivity contribution in [3.63, 3.8) is 0 Å². The van der Waals surface area contributed by atoms with Gasteiger partial charge < -0.3 is 25.4 Å². The third-order valence-electron chi connectivity index (χ3n) is 6.77. The van der Waals surface area contributed by atoms with Crippen molar-refractivity contribution < 1.29 is 40.7 Å². The molecular weight excluding hydrogens is 610 g/mol. The monoisotopic (exact) mass is 638 g/mol. The molecule has 1 aromatic heterocycles. The number of nitrogens with one attached hydrogen (secondary N) is 1. The Morgan fingerprint density at radius 3 is 2.27 bits per heavy atom. The van der Waals surface area contributed by atoms with Crippen molar-refractivity contribution >= 4 is 22.6 Å². The predicted molar refractivity (Wildman–Crippen MR) is 156 cm³/mol. The minimum absolute atomic E-state index is 0.0992. The van der Waals surface area contributed by atoms with Gasteiger partial charge >= 0.3 is 6.36 Å². The van der Waals surface area contributed by atoms with Crippen molar-refractivity contribution in [3.05, 3.63) is 89.0 Å². The van der Waals surface area contributed by atoms with Gasteiger partial charge in [-0.05, 0) is 71.2 Å². The molecule has 4 N–H and O–H groups in total. The van der Waals surface area contributed by atoms with Crippen molar-refractivity contribution in [2.45, 2.75) is 37.6 Å². The minimum Gasteiger partial charge on any atom is -0.612 e. The number of ether oxygens (including phenoxy) is 1. The highest BCUT2D eigenvalue weighted by molar-refractivity contribution is 7.90. The van der Waals surface area contributed by atoms with Crippen LogP contribution < -0.4 is 15.8 Å². The van der Waals surface area contributed by atoms with Crippen molar-refractivity contribution in [2.75, 3.05) is 11.6 Å². The van der Waals surface area contributed by atoms with Gasteiger partial charge in [-0.3, -0.25) is 4.68 Å². The van der Waals surface area contributed by atoms with Crippen LogP contribution in [0.1, 0.15) is 29.3 Å². The molecule has 0 aliphatic heterocycles. The molecule has 0 aliphatic rings. The maximum Gasteiger partial charge on any atom is 0.573 e. The molecule has 7 nitrogen and oxygen atoms in total. The van der Waals surface area contributed by atoms with Crippen LogP contribution in [0.5, 0.6) is 5.75 Å². The Bertz CT molecular complexity index is 1700. The Kier molecular flexibility index (Phi) is 9.28. The predicted octanol–water partition coefficient (Wildman–Crippen LogP) is 6.81. The summed E-state index contributed by atoms with van der Waals surface area (Å²) >= 11 is -1.63. The van der Waals surface area contributed by atoms with Crippen LogP contribution in [0.2, 0.25) is 0 Å². The van der Waals surface area contributed by atoms with Crippen LogP contribution in [0.25, 0.3) is 28.1 Å². The van der Waals surface area contributed by atoms with Crippen LogP contribution in [0.15, 0.2) is 65.7 Å². The summed E-state index contributed by atoms with van der Waals surface area (Å²) in [6.07, 6.45) is -2.36. The number of anilines is 1. The van der Waals surface area contributed by atoms with E-state index in [1.54, 1.807) is 18.2 Å². The molecule has 0 radical (unpaired) electrons. The first kappa shape index (κ1) is 32.8. The van der Waals surface area contributed by atoms with E-state index >= 15 is 0 Å². The van der Waals surface area contributed by atoms with Gasteiger partial charge in [-0.2, -0.15) is 13.9 Å². The molecular formula is C30H28F6N4O3S. The number of rotatable bonds is 9. The van der Waals surface area contributed by atoms with Gasteiger partial charge in [0.15, 0.2) is 4.90 Å². The van der Waals surface area contributed by atoms with E-state index < -0.39 is 47.3 Å². The summed E-state index contributed by atoms with van der Waals surface area (Å²) in [5.41, 5.74) is 7.94. The molecule has 4 rings (SSSR count). The van der Waals surface area contributed by atoms with E-state index in [2.05, 4.69) is 15.2 Å². The van der Waals surface area contributed by atoms with Gasteiger partial charge in [0.25, 0.3) is 5.92 Å². The SMILES string of the molecule is Cc1c(C(C)(F)F)nn(C)c1-c1ccc(-c2cc(F)c(CO)c([S+](C)[O-])c2)cc1N/C(=C\N)c1ccc(OC(F)(F)F)cc1. The van der Waals surface area contributed by atoms with E-state index in [-0.39, 0.29) is 21.7 Å². The number of halogens is 6. The highest BCUT2D eigenvalue weighted by atomic mass is 32.2. The first-order chi connectivity index (χ1) is 20.5. The average Bonchev–Trinajstić information content (AvgIpc) is 3.24. The van der Waals surface area contributed by atoms with Gasteiger partial charge in [0.05, 0.1) is 23.6 Å². The molecule has 44 heavy (non-hydrogen) atoms. The van der Waals surface area contributed by atoms with Crippen LogP contribution in [0.4, 0.5) is 32.0 Å². The zero-order valence-electron chi connectivity index (χ0n) is 23.9. The lowest BCUT2D eigenvalue weighted by molar-refractivity contribution is -0.274. The number of hydrogen-bond acceptors (Lipinski definition) is 6. The second-order valence-corrected chi connectivity index (χ2v) is 11.3. The number of aromatic nitrogens is 2. The number of alkyl halides is 5. The quantitative estimate of drug-likeness (QED) is 0.137. The molecule has 4 aromatic rings. The lowest BCUT2D eigenvalue weighted by Gasteiger charge is -2.18. The Morgan fingerprint density at radius 2 is 1.75 bits per heavy atom. The number of aryl methyl sites for hydroxylation is 1. The van der Waals surface area contributed by atoms with Gasteiger partial charge in [-0.15, -0.1) is 13.2 Å². The van der Waals surface area contributed by atoms with Crippen LogP contribution in [-0.4, -0.2) is 32.1 Å². The zero-order chi connectivity index (χ0) is 32.6. The second-order valence-electron chi connectivity index (χ2n) is 9.92. The Balaban J connectivity index is 1.88. The molecule has 0 saturated heterocycles. The van der Waals surface area contributed by atoms with E-state index in [1.165, 1.54) is 55.4 Å². The minimum atomic E-state index is -4.88. The number of nitrogens with zero attached hydrogens (tertiary/aromatic N) is 2. The standard InChI is InChI=1S/C30H28F6N4O3S/c1-16-27(40(3)39-28(16)29(2,32)33)21-10-7-18(19-11-23(31)22(15-41)26(13-19)44(4)42)12-24(21)38-25(14-37)17-5-8-20(9-6-17)43-30(34,35)36/h5-14,38,41H,15,37H2,1-4H3/b25-14-. The second kappa shape index (κ2) is 12.5. The number of aliphatic hydroxyl groups is 1. The molecule has 14 heteroatoms. The first-order valence-electron chi connectivity index (χ1n) is 12.9. The van der Waals surface area contributed by atoms with Gasteiger partial charge in [0.2, 0.25) is 0 Å². The molecule has 0 amide bonds. The van der Waals surface area contributed by atoms with Crippen LogP contribution in [-0.2, 0) is 30.8 Å². The molecule has 0 aliphatic carbocycles. The normalized spacial score (nSPS) is 13.2. The van der Waals surface area contributed by atoms with E-state index in [0.717, 1.165) is 19.1 Å². The van der Waals surface area contributed by atoms with Gasteiger partial charge in [0.1, 0.15) is 23.5 Å². The summed E-state index contributed by atoms with van der Waals surface area (Å²) in [6, 6.07) is 12.3. The summed E-state index contributed by atoms with van der Waals surface area (Å²) in [4.78, 5) is 0.0992. The van der Waals surface area contributed by atoms with Crippen molar-refractivity contribution in [2.24, 2.45) is 12.8 Å². The van der Waals surface area contributed by atoms with E-state index in [1.807, 2.05) is 0 Å². The fourth-order valence-electron chi connectivity index (χ4n) is 4.84. The number of benzene rings is 3. The maximum absolute atomic E-state index is 14.9. The number of nitrogens with two attached hydrogens (primary N) is 1.